The molecular formula is C14H20N2O2. The summed E-state index contributed by atoms with van der Waals surface area (Å²) in [6.07, 6.45) is 1.92. The van der Waals surface area contributed by atoms with Crippen LogP contribution in [-0.4, -0.2) is 31.1 Å². The average Bonchev–Trinajstić information content (AvgIpc) is 2.38. The van der Waals surface area contributed by atoms with Crippen LogP contribution in [0, 0.1) is 0 Å². The molecule has 2 rings (SSSR count). The molecular weight excluding hydrogens is 228 g/mol. The summed E-state index contributed by atoms with van der Waals surface area (Å²) in [5.74, 6) is 0.673. The Morgan fingerprint density at radius 3 is 2.67 bits per heavy atom. The molecule has 1 aromatic rings. The molecule has 2 N–H and O–H groups in total. The molecule has 1 saturated heterocycles. The number of carbonyl (C=O) groups excluding carboxylic acids is 1. The lowest BCUT2D eigenvalue weighted by Crippen LogP contribution is -2.53. The molecule has 18 heavy (non-hydrogen) atoms. The largest absolute Gasteiger partial charge is 0.484 e. The minimum absolute atomic E-state index is 0.0525. The Balaban J connectivity index is 1.78. The highest BCUT2D eigenvalue weighted by Gasteiger charge is 2.28. The molecule has 1 fully saturated rings. The van der Waals surface area contributed by atoms with Gasteiger partial charge in [-0.05, 0) is 45.0 Å². The van der Waals surface area contributed by atoms with Crippen LogP contribution >= 0.6 is 0 Å². The van der Waals surface area contributed by atoms with Gasteiger partial charge >= 0.3 is 0 Å². The fourth-order valence-corrected chi connectivity index (χ4v) is 2.14. The van der Waals surface area contributed by atoms with Gasteiger partial charge in [0.15, 0.2) is 6.61 Å². The molecule has 4 nitrogen and oxygen atoms in total. The van der Waals surface area contributed by atoms with Crippen molar-refractivity contribution < 1.29 is 9.53 Å². The molecule has 1 heterocycles. The molecule has 0 spiro atoms. The van der Waals surface area contributed by atoms with Crippen LogP contribution in [0.4, 0.5) is 0 Å². The summed E-state index contributed by atoms with van der Waals surface area (Å²) >= 11 is 0. The highest BCUT2D eigenvalue weighted by molar-refractivity contribution is 5.78. The molecule has 0 bridgehead atoms. The molecule has 0 aromatic heterocycles. The Bertz CT molecular complexity index is 386. The summed E-state index contributed by atoms with van der Waals surface area (Å²) < 4.78 is 5.43. The summed E-state index contributed by atoms with van der Waals surface area (Å²) in [6, 6.07) is 9.39. The second-order valence-corrected chi connectivity index (χ2v) is 4.96. The Morgan fingerprint density at radius 2 is 2.00 bits per heavy atom. The number of ether oxygens (including phenoxy) is 1. The number of benzene rings is 1. The molecule has 0 unspecified atom stereocenters. The van der Waals surface area contributed by atoms with Crippen LogP contribution in [0.15, 0.2) is 30.3 Å². The predicted octanol–water partition coefficient (Wildman–Crippen LogP) is 1.32. The fourth-order valence-electron chi connectivity index (χ4n) is 2.14. The van der Waals surface area contributed by atoms with Crippen LogP contribution < -0.4 is 15.4 Å². The number of nitrogens with one attached hydrogen (secondary N) is 2. The van der Waals surface area contributed by atoms with E-state index in [1.165, 1.54) is 0 Å². The van der Waals surface area contributed by atoms with Crippen LogP contribution in [0.3, 0.4) is 0 Å². The Hall–Kier alpha value is -1.55. The van der Waals surface area contributed by atoms with Crippen molar-refractivity contribution in [3.8, 4) is 5.75 Å². The van der Waals surface area contributed by atoms with E-state index in [0.29, 0.717) is 0 Å². The topological polar surface area (TPSA) is 50.4 Å². The van der Waals surface area contributed by atoms with E-state index in [4.69, 9.17) is 4.74 Å². The quantitative estimate of drug-likeness (QED) is 0.845. The maximum atomic E-state index is 11.8. The molecule has 0 atom stereocenters. The van der Waals surface area contributed by atoms with E-state index in [0.717, 1.165) is 31.7 Å². The third-order valence-corrected chi connectivity index (χ3v) is 3.26. The van der Waals surface area contributed by atoms with Gasteiger partial charge in [0, 0.05) is 5.54 Å². The molecule has 0 aliphatic carbocycles. The van der Waals surface area contributed by atoms with Crippen LogP contribution in [-0.2, 0) is 4.79 Å². The van der Waals surface area contributed by atoms with E-state index in [1.54, 1.807) is 0 Å². The number of amides is 1. The van der Waals surface area contributed by atoms with E-state index >= 15 is 0 Å². The van der Waals surface area contributed by atoms with Gasteiger partial charge in [-0.25, -0.2) is 0 Å². The smallest absolute Gasteiger partial charge is 0.258 e. The minimum Gasteiger partial charge on any atom is -0.484 e. The van der Waals surface area contributed by atoms with Gasteiger partial charge in [-0.15, -0.1) is 0 Å². The van der Waals surface area contributed by atoms with Gasteiger partial charge in [-0.3, -0.25) is 4.79 Å². The van der Waals surface area contributed by atoms with E-state index in [1.807, 2.05) is 30.3 Å². The van der Waals surface area contributed by atoms with Crippen molar-refractivity contribution in [2.75, 3.05) is 19.7 Å². The summed E-state index contributed by atoms with van der Waals surface area (Å²) in [6.45, 7) is 4.08. The van der Waals surface area contributed by atoms with Gasteiger partial charge in [-0.2, -0.15) is 0 Å². The van der Waals surface area contributed by atoms with Crippen LogP contribution in [0.2, 0.25) is 0 Å². The lowest BCUT2D eigenvalue weighted by molar-refractivity contribution is -0.125. The normalized spacial score (nSPS) is 18.1. The number of piperidine rings is 1. The molecule has 0 radical (unpaired) electrons. The zero-order chi connectivity index (χ0) is 12.8. The predicted molar refractivity (Wildman–Crippen MR) is 70.6 cm³/mol. The molecule has 1 aliphatic rings. The van der Waals surface area contributed by atoms with E-state index in [-0.39, 0.29) is 18.1 Å². The van der Waals surface area contributed by atoms with Crippen molar-refractivity contribution in [2.24, 2.45) is 0 Å². The van der Waals surface area contributed by atoms with Crippen molar-refractivity contribution in [2.45, 2.75) is 25.3 Å². The van der Waals surface area contributed by atoms with Crippen LogP contribution in [0.25, 0.3) is 0 Å². The number of hydrogen-bond donors (Lipinski definition) is 2. The molecule has 0 saturated carbocycles. The average molecular weight is 248 g/mol. The van der Waals surface area contributed by atoms with Crippen molar-refractivity contribution in [3.05, 3.63) is 30.3 Å². The van der Waals surface area contributed by atoms with Gasteiger partial charge in [0.1, 0.15) is 5.75 Å². The highest BCUT2D eigenvalue weighted by Crippen LogP contribution is 2.17. The summed E-state index contributed by atoms with van der Waals surface area (Å²) in [7, 11) is 0. The van der Waals surface area contributed by atoms with E-state index in [9.17, 15) is 4.79 Å². The number of rotatable bonds is 4. The highest BCUT2D eigenvalue weighted by atomic mass is 16.5. The molecule has 98 valence electrons. The van der Waals surface area contributed by atoms with Crippen LogP contribution in [0.5, 0.6) is 5.75 Å². The molecule has 1 amide bonds. The van der Waals surface area contributed by atoms with Gasteiger partial charge < -0.3 is 15.4 Å². The van der Waals surface area contributed by atoms with Crippen molar-refractivity contribution >= 4 is 5.91 Å². The van der Waals surface area contributed by atoms with Gasteiger partial charge in [-0.1, -0.05) is 18.2 Å². The first kappa shape index (κ1) is 12.9. The lowest BCUT2D eigenvalue weighted by atomic mass is 9.90. The second kappa shape index (κ2) is 5.87. The van der Waals surface area contributed by atoms with Crippen molar-refractivity contribution in [1.29, 1.82) is 0 Å². The molecule has 1 aromatic carbocycles. The maximum absolute atomic E-state index is 11.8. The standard InChI is InChI=1S/C14H20N2O2/c1-14(7-9-15-10-8-14)16-13(17)11-18-12-5-3-2-4-6-12/h2-6,15H,7-11H2,1H3,(H,16,17). The zero-order valence-electron chi connectivity index (χ0n) is 10.7. The second-order valence-electron chi connectivity index (χ2n) is 4.96. The Morgan fingerprint density at radius 1 is 1.33 bits per heavy atom. The summed E-state index contributed by atoms with van der Waals surface area (Å²) in [4.78, 5) is 11.8. The van der Waals surface area contributed by atoms with E-state index < -0.39 is 0 Å². The number of carbonyl (C=O) groups is 1. The Labute approximate surface area is 108 Å². The first-order valence-corrected chi connectivity index (χ1v) is 6.38. The first-order chi connectivity index (χ1) is 8.68. The van der Waals surface area contributed by atoms with E-state index in [2.05, 4.69) is 17.6 Å². The van der Waals surface area contributed by atoms with Crippen LogP contribution in [0.1, 0.15) is 19.8 Å². The number of para-hydroxylation sites is 1. The van der Waals surface area contributed by atoms with Crippen molar-refractivity contribution in [1.82, 2.24) is 10.6 Å². The Kier molecular flexibility index (Phi) is 4.20. The van der Waals surface area contributed by atoms with Gasteiger partial charge in [0.05, 0.1) is 0 Å². The monoisotopic (exact) mass is 248 g/mol. The molecule has 1 aliphatic heterocycles. The SMILES string of the molecule is CC1(NC(=O)COc2ccccc2)CCNCC1. The lowest BCUT2D eigenvalue weighted by Gasteiger charge is -2.34. The van der Waals surface area contributed by atoms with Gasteiger partial charge in [0.25, 0.3) is 5.91 Å². The minimum atomic E-state index is -0.0949. The third kappa shape index (κ3) is 3.74. The third-order valence-electron chi connectivity index (χ3n) is 3.26. The molecule has 4 heteroatoms. The summed E-state index contributed by atoms with van der Waals surface area (Å²) in [5, 5.41) is 6.35. The maximum Gasteiger partial charge on any atom is 0.258 e. The summed E-state index contributed by atoms with van der Waals surface area (Å²) in [5.41, 5.74) is -0.0949. The van der Waals surface area contributed by atoms with Crippen molar-refractivity contribution in [3.63, 3.8) is 0 Å². The fraction of sp³-hybridized carbons (Fsp3) is 0.500. The first-order valence-electron chi connectivity index (χ1n) is 6.38. The van der Waals surface area contributed by atoms with Gasteiger partial charge in [0.2, 0.25) is 0 Å². The number of hydrogen-bond acceptors (Lipinski definition) is 3. The zero-order valence-corrected chi connectivity index (χ0v) is 10.7.